The Morgan fingerprint density at radius 3 is 3.16 bits per heavy atom. The molecule has 0 radical (unpaired) electrons. The Morgan fingerprint density at radius 2 is 2.16 bits per heavy atom. The second-order valence-electron chi connectivity index (χ2n) is 4.87. The van der Waals surface area contributed by atoms with Crippen molar-refractivity contribution in [1.29, 1.82) is 0 Å². The molecule has 0 atom stereocenters. The fraction of sp³-hybridized carbons (Fsp3) is 0.0667. The number of hydrogen-bond donors (Lipinski definition) is 0. The Kier molecular flexibility index (Phi) is 1.64. The molecule has 1 aliphatic rings. The zero-order chi connectivity index (χ0) is 12.4. The van der Waals surface area contributed by atoms with E-state index in [1.54, 1.807) is 0 Å². The number of aromatic nitrogens is 3. The molecule has 0 fully saturated rings. The van der Waals surface area contributed by atoms with E-state index in [1.807, 2.05) is 23.7 Å². The normalized spacial score (nSPS) is 13.1. The Bertz CT molecular complexity index is 949. The van der Waals surface area contributed by atoms with Gasteiger partial charge in [-0.15, -0.1) is 0 Å². The second-order valence-corrected chi connectivity index (χ2v) is 5.90. The molecule has 4 heterocycles. The molecule has 0 aliphatic carbocycles. The summed E-state index contributed by atoms with van der Waals surface area (Å²) in [6.45, 7) is 0.974. The quantitative estimate of drug-likeness (QED) is 0.394. The number of rotatable bonds is 0. The Labute approximate surface area is 113 Å². The average Bonchev–Trinajstić information content (AvgIpc) is 3.05. The van der Waals surface area contributed by atoms with Crippen LogP contribution in [0.15, 0.2) is 49.1 Å². The Hall–Kier alpha value is -2.20. The zero-order valence-electron chi connectivity index (χ0n) is 10.1. The monoisotopic (exact) mass is 264 g/mol. The molecule has 0 unspecified atom stereocenters. The molecule has 1 aromatic carbocycles. The minimum absolute atomic E-state index is 0.974. The van der Waals surface area contributed by atoms with E-state index < -0.39 is 0 Å². The lowest BCUT2D eigenvalue weighted by Crippen LogP contribution is -2.29. The van der Waals surface area contributed by atoms with E-state index in [9.17, 15) is 0 Å². The van der Waals surface area contributed by atoms with Crippen molar-refractivity contribution in [1.82, 2.24) is 9.38 Å². The van der Waals surface area contributed by atoms with Crippen LogP contribution in [0, 0.1) is 0 Å². The van der Waals surface area contributed by atoms with Crippen LogP contribution in [0.2, 0.25) is 0 Å². The fourth-order valence-electron chi connectivity index (χ4n) is 2.96. The molecule has 3 nitrogen and oxygen atoms in total. The van der Waals surface area contributed by atoms with Crippen LogP contribution >= 0.6 is 11.3 Å². The fourth-order valence-corrected chi connectivity index (χ4v) is 4.12. The summed E-state index contributed by atoms with van der Waals surface area (Å²) in [4.78, 5) is 5.55. The van der Waals surface area contributed by atoms with Crippen LogP contribution in [0.25, 0.3) is 26.3 Å². The van der Waals surface area contributed by atoms with Crippen molar-refractivity contribution < 1.29 is 4.57 Å². The largest absolute Gasteiger partial charge is 0.260 e. The summed E-state index contributed by atoms with van der Waals surface area (Å²) in [6, 6.07) is 10.8. The van der Waals surface area contributed by atoms with Crippen LogP contribution in [0.3, 0.4) is 0 Å². The number of pyridine rings is 1. The van der Waals surface area contributed by atoms with Gasteiger partial charge >= 0.3 is 0 Å². The van der Waals surface area contributed by atoms with Crippen molar-refractivity contribution >= 4 is 26.4 Å². The number of fused-ring (bicyclic) bond motifs is 7. The minimum atomic E-state index is 0.974. The van der Waals surface area contributed by atoms with E-state index >= 15 is 0 Å². The molecule has 0 amide bonds. The smallest absolute Gasteiger partial charge is 0.251 e. The molecule has 0 bridgehead atoms. The molecule has 19 heavy (non-hydrogen) atoms. The third-order valence-electron chi connectivity index (χ3n) is 3.80. The van der Waals surface area contributed by atoms with Crippen molar-refractivity contribution in [3.8, 4) is 11.3 Å². The summed E-state index contributed by atoms with van der Waals surface area (Å²) < 4.78 is 5.89. The van der Waals surface area contributed by atoms with Gasteiger partial charge in [0.25, 0.3) is 6.33 Å². The lowest BCUT2D eigenvalue weighted by Gasteiger charge is -1.92. The standard InChI is InChI=1S/C15H10N3S/c1-2-4-11-10(3-1)8-17-9-18-12-7-16-6-5-13(12)19-15(18)14(11)17/h1-7,9H,8H2/q+1. The zero-order valence-corrected chi connectivity index (χ0v) is 10.9. The summed E-state index contributed by atoms with van der Waals surface area (Å²) in [5.74, 6) is 0. The van der Waals surface area contributed by atoms with E-state index in [2.05, 4.69) is 50.6 Å². The van der Waals surface area contributed by atoms with E-state index in [-0.39, 0.29) is 0 Å². The Balaban J connectivity index is 1.97. The highest BCUT2D eigenvalue weighted by Gasteiger charge is 2.30. The SMILES string of the molecule is c1ccc2c(c1)C[n+]1cn3c(sc4ccncc43)c1-2. The van der Waals surface area contributed by atoms with Crippen molar-refractivity contribution in [3.05, 3.63) is 54.6 Å². The number of thiazole rings is 1. The molecular formula is C15H10N3S+. The van der Waals surface area contributed by atoms with Crippen LogP contribution < -0.4 is 4.57 Å². The van der Waals surface area contributed by atoms with Crippen LogP contribution in [-0.4, -0.2) is 9.38 Å². The summed E-state index contributed by atoms with van der Waals surface area (Å²) >= 11 is 1.84. The van der Waals surface area contributed by atoms with Gasteiger partial charge in [-0.05, 0) is 6.07 Å². The molecule has 0 N–H and O–H groups in total. The third-order valence-corrected chi connectivity index (χ3v) is 4.95. The van der Waals surface area contributed by atoms with Gasteiger partial charge in [-0.25, -0.2) is 4.57 Å². The van der Waals surface area contributed by atoms with E-state index in [1.165, 1.54) is 31.9 Å². The summed E-state index contributed by atoms with van der Waals surface area (Å²) in [5, 5.41) is 0. The lowest BCUT2D eigenvalue weighted by atomic mass is 10.1. The molecule has 1 aliphatic heterocycles. The van der Waals surface area contributed by atoms with Crippen molar-refractivity contribution in [3.63, 3.8) is 0 Å². The van der Waals surface area contributed by atoms with Gasteiger partial charge in [-0.1, -0.05) is 35.6 Å². The first kappa shape index (κ1) is 9.69. The van der Waals surface area contributed by atoms with Gasteiger partial charge in [0.05, 0.1) is 10.9 Å². The van der Waals surface area contributed by atoms with Crippen LogP contribution in [0.5, 0.6) is 0 Å². The van der Waals surface area contributed by atoms with Gasteiger partial charge in [-0.3, -0.25) is 4.98 Å². The molecule has 0 saturated heterocycles. The van der Waals surface area contributed by atoms with Crippen molar-refractivity contribution in [2.24, 2.45) is 0 Å². The predicted molar refractivity (Wildman–Crippen MR) is 75.3 cm³/mol. The summed E-state index contributed by atoms with van der Waals surface area (Å²) in [6.07, 6.45) is 6.01. The number of benzene rings is 1. The van der Waals surface area contributed by atoms with Gasteiger partial charge in [0.2, 0.25) is 4.83 Å². The topological polar surface area (TPSA) is 21.2 Å². The maximum atomic E-state index is 4.24. The molecule has 0 spiro atoms. The van der Waals surface area contributed by atoms with Gasteiger partial charge in [0.1, 0.15) is 6.54 Å². The highest BCUT2D eigenvalue weighted by atomic mass is 32.1. The molecule has 0 saturated carbocycles. The van der Waals surface area contributed by atoms with Gasteiger partial charge in [0, 0.05) is 17.3 Å². The maximum absolute atomic E-state index is 4.24. The minimum Gasteiger partial charge on any atom is -0.260 e. The molecular weight excluding hydrogens is 254 g/mol. The molecule has 3 aromatic heterocycles. The van der Waals surface area contributed by atoms with Crippen LogP contribution in [0.1, 0.15) is 5.56 Å². The summed E-state index contributed by atoms with van der Waals surface area (Å²) in [5.41, 5.74) is 5.32. The van der Waals surface area contributed by atoms with E-state index in [4.69, 9.17) is 0 Å². The van der Waals surface area contributed by atoms with Crippen LogP contribution in [0.4, 0.5) is 0 Å². The Morgan fingerprint density at radius 1 is 1.21 bits per heavy atom. The maximum Gasteiger partial charge on any atom is 0.251 e. The van der Waals surface area contributed by atoms with E-state index in [0.29, 0.717) is 0 Å². The van der Waals surface area contributed by atoms with Gasteiger partial charge < -0.3 is 0 Å². The predicted octanol–water partition coefficient (Wildman–Crippen LogP) is 2.87. The first-order valence-corrected chi connectivity index (χ1v) is 7.09. The first-order valence-electron chi connectivity index (χ1n) is 6.27. The molecule has 90 valence electrons. The van der Waals surface area contributed by atoms with E-state index in [0.717, 1.165) is 6.54 Å². The lowest BCUT2D eigenvalue weighted by molar-refractivity contribution is -0.671. The molecule has 4 aromatic rings. The van der Waals surface area contributed by atoms with Gasteiger partial charge in [-0.2, -0.15) is 4.40 Å². The highest BCUT2D eigenvalue weighted by Crippen LogP contribution is 2.36. The average molecular weight is 264 g/mol. The molecule has 4 heteroatoms. The highest BCUT2D eigenvalue weighted by molar-refractivity contribution is 7.24. The number of hydrogen-bond acceptors (Lipinski definition) is 2. The third kappa shape index (κ3) is 1.12. The second kappa shape index (κ2) is 3.22. The summed E-state index contributed by atoms with van der Waals surface area (Å²) in [7, 11) is 0. The van der Waals surface area contributed by atoms with Crippen LogP contribution in [-0.2, 0) is 6.54 Å². The molecule has 5 rings (SSSR count). The number of nitrogens with zero attached hydrogens (tertiary/aromatic N) is 3. The van der Waals surface area contributed by atoms with Crippen molar-refractivity contribution in [2.75, 3.05) is 0 Å². The van der Waals surface area contributed by atoms with Gasteiger partial charge in [0.15, 0.2) is 11.2 Å². The van der Waals surface area contributed by atoms with Crippen molar-refractivity contribution in [2.45, 2.75) is 6.54 Å². The first-order chi connectivity index (χ1) is 9.42. The number of imidazole rings is 1.